The number of carbonyl (C=O) groups excluding carboxylic acids is 2. The summed E-state index contributed by atoms with van der Waals surface area (Å²) in [4.78, 5) is 25.8. The number of fused-ring (bicyclic) bond motifs is 2. The first-order chi connectivity index (χ1) is 9.65. The maximum Gasteiger partial charge on any atom is 0.261 e. The van der Waals surface area contributed by atoms with Crippen LogP contribution in [0, 0.1) is 0 Å². The molecule has 104 valence electrons. The van der Waals surface area contributed by atoms with Crippen LogP contribution in [0.3, 0.4) is 0 Å². The molecule has 3 aliphatic rings. The Hall–Kier alpha value is -1.72. The normalized spacial score (nSPS) is 35.0. The minimum absolute atomic E-state index is 0.0360. The number of amides is 2. The molecule has 3 aliphatic heterocycles. The summed E-state index contributed by atoms with van der Waals surface area (Å²) in [6.45, 7) is 2.28. The fourth-order valence-electron chi connectivity index (χ4n) is 3.18. The molecule has 1 aromatic rings. The first-order valence-corrected chi connectivity index (χ1v) is 6.91. The highest BCUT2D eigenvalue weighted by molar-refractivity contribution is 6.21. The van der Waals surface area contributed by atoms with Crippen molar-refractivity contribution in [3.8, 4) is 0 Å². The van der Waals surface area contributed by atoms with Crippen molar-refractivity contribution in [2.75, 3.05) is 6.54 Å². The van der Waals surface area contributed by atoms with Gasteiger partial charge < -0.3 is 9.47 Å². The lowest BCUT2D eigenvalue weighted by Crippen LogP contribution is -2.42. The summed E-state index contributed by atoms with van der Waals surface area (Å²) in [6, 6.07) is 6.94. The van der Waals surface area contributed by atoms with Gasteiger partial charge in [-0.1, -0.05) is 12.1 Å². The van der Waals surface area contributed by atoms with Crippen LogP contribution in [0.5, 0.6) is 0 Å². The Morgan fingerprint density at radius 2 is 1.80 bits per heavy atom. The van der Waals surface area contributed by atoms with Crippen LogP contribution in [0.1, 0.15) is 34.1 Å². The van der Waals surface area contributed by atoms with Crippen molar-refractivity contribution < 1.29 is 19.1 Å². The molecule has 4 rings (SSSR count). The van der Waals surface area contributed by atoms with Gasteiger partial charge in [-0.2, -0.15) is 0 Å². The summed E-state index contributed by atoms with van der Waals surface area (Å²) >= 11 is 0. The monoisotopic (exact) mass is 273 g/mol. The summed E-state index contributed by atoms with van der Waals surface area (Å²) in [6.07, 6.45) is 1.10. The lowest BCUT2D eigenvalue weighted by atomic mass is 10.0. The van der Waals surface area contributed by atoms with Crippen molar-refractivity contribution in [2.24, 2.45) is 0 Å². The Bertz CT molecular complexity index is 564. The molecule has 0 radical (unpaired) electrons. The van der Waals surface area contributed by atoms with Gasteiger partial charge in [-0.3, -0.25) is 14.5 Å². The van der Waals surface area contributed by atoms with E-state index in [-0.39, 0.29) is 36.2 Å². The summed E-state index contributed by atoms with van der Waals surface area (Å²) in [5, 5.41) is 0. The first-order valence-electron chi connectivity index (χ1n) is 6.91. The Morgan fingerprint density at radius 3 is 2.40 bits per heavy atom. The molecule has 3 heterocycles. The third kappa shape index (κ3) is 1.70. The SMILES string of the molecule is C[C@H]1O[C@@H](CN2C(=O)c3ccccc3C2=O)C[C@H]2O[C@@H]12. The second-order valence-corrected chi connectivity index (χ2v) is 5.60. The van der Waals surface area contributed by atoms with E-state index in [2.05, 4.69) is 0 Å². The molecule has 20 heavy (non-hydrogen) atoms. The van der Waals surface area contributed by atoms with Crippen LogP contribution in [0.25, 0.3) is 0 Å². The van der Waals surface area contributed by atoms with Gasteiger partial charge in [0.1, 0.15) is 6.10 Å². The molecule has 2 fully saturated rings. The fourth-order valence-corrected chi connectivity index (χ4v) is 3.18. The molecule has 2 saturated heterocycles. The topological polar surface area (TPSA) is 59.1 Å². The predicted octanol–water partition coefficient (Wildman–Crippen LogP) is 1.23. The van der Waals surface area contributed by atoms with Crippen LogP contribution in [0.15, 0.2) is 24.3 Å². The summed E-state index contributed by atoms with van der Waals surface area (Å²) < 4.78 is 11.3. The maximum atomic E-state index is 12.3. The molecule has 0 N–H and O–H groups in total. The minimum Gasteiger partial charge on any atom is -0.371 e. The second-order valence-electron chi connectivity index (χ2n) is 5.60. The molecule has 5 nitrogen and oxygen atoms in total. The van der Waals surface area contributed by atoms with Gasteiger partial charge in [-0.15, -0.1) is 0 Å². The molecule has 0 spiro atoms. The number of imide groups is 1. The highest BCUT2D eigenvalue weighted by atomic mass is 16.6. The van der Waals surface area contributed by atoms with E-state index in [9.17, 15) is 9.59 Å². The third-order valence-corrected chi connectivity index (χ3v) is 4.25. The molecule has 2 amide bonds. The molecule has 1 aromatic carbocycles. The number of nitrogens with zero attached hydrogens (tertiary/aromatic N) is 1. The van der Waals surface area contributed by atoms with E-state index < -0.39 is 0 Å². The van der Waals surface area contributed by atoms with E-state index >= 15 is 0 Å². The van der Waals surface area contributed by atoms with Crippen molar-refractivity contribution in [3.05, 3.63) is 35.4 Å². The number of hydrogen-bond acceptors (Lipinski definition) is 4. The van der Waals surface area contributed by atoms with Crippen LogP contribution in [0.2, 0.25) is 0 Å². The Morgan fingerprint density at radius 1 is 1.15 bits per heavy atom. The zero-order valence-corrected chi connectivity index (χ0v) is 11.1. The largest absolute Gasteiger partial charge is 0.371 e. The van der Waals surface area contributed by atoms with Gasteiger partial charge in [-0.05, 0) is 19.1 Å². The van der Waals surface area contributed by atoms with E-state index in [1.54, 1.807) is 24.3 Å². The van der Waals surface area contributed by atoms with Gasteiger partial charge >= 0.3 is 0 Å². The Kier molecular flexibility index (Phi) is 2.49. The molecule has 0 bridgehead atoms. The van der Waals surface area contributed by atoms with Gasteiger partial charge in [0.25, 0.3) is 11.8 Å². The van der Waals surface area contributed by atoms with E-state index in [0.29, 0.717) is 17.7 Å². The highest BCUT2D eigenvalue weighted by Crippen LogP contribution is 2.37. The average molecular weight is 273 g/mol. The smallest absolute Gasteiger partial charge is 0.261 e. The number of benzene rings is 1. The van der Waals surface area contributed by atoms with Gasteiger partial charge in [-0.25, -0.2) is 0 Å². The summed E-state index contributed by atoms with van der Waals surface area (Å²) in [5.41, 5.74) is 0.976. The minimum atomic E-state index is -0.222. The van der Waals surface area contributed by atoms with E-state index in [1.807, 2.05) is 6.92 Å². The van der Waals surface area contributed by atoms with Crippen LogP contribution < -0.4 is 0 Å². The number of hydrogen-bond donors (Lipinski definition) is 0. The first kappa shape index (κ1) is 12.1. The fraction of sp³-hybridized carbons (Fsp3) is 0.467. The van der Waals surface area contributed by atoms with Crippen molar-refractivity contribution in [1.29, 1.82) is 0 Å². The van der Waals surface area contributed by atoms with E-state index in [0.717, 1.165) is 6.42 Å². The lowest BCUT2D eigenvalue weighted by Gasteiger charge is -2.27. The van der Waals surface area contributed by atoms with Crippen molar-refractivity contribution in [3.63, 3.8) is 0 Å². The number of epoxide rings is 1. The number of ether oxygens (including phenoxy) is 2. The van der Waals surface area contributed by atoms with Gasteiger partial charge in [0.05, 0.1) is 36.0 Å². The predicted molar refractivity (Wildman–Crippen MR) is 69.4 cm³/mol. The Balaban J connectivity index is 1.53. The van der Waals surface area contributed by atoms with Crippen LogP contribution in [-0.4, -0.2) is 47.7 Å². The van der Waals surface area contributed by atoms with Gasteiger partial charge in [0.2, 0.25) is 0 Å². The zero-order chi connectivity index (χ0) is 13.9. The maximum absolute atomic E-state index is 12.3. The molecule has 0 aromatic heterocycles. The third-order valence-electron chi connectivity index (χ3n) is 4.25. The molecular formula is C15H15NO4. The summed E-state index contributed by atoms with van der Waals surface area (Å²) in [5.74, 6) is -0.443. The van der Waals surface area contributed by atoms with Crippen LogP contribution in [0.4, 0.5) is 0 Å². The quantitative estimate of drug-likeness (QED) is 0.600. The average Bonchev–Trinajstić information content (AvgIpc) is 3.19. The Labute approximate surface area is 116 Å². The van der Waals surface area contributed by atoms with E-state index in [1.165, 1.54) is 4.90 Å². The summed E-state index contributed by atoms with van der Waals surface area (Å²) in [7, 11) is 0. The molecule has 4 atom stereocenters. The number of carbonyl (C=O) groups is 2. The van der Waals surface area contributed by atoms with Crippen molar-refractivity contribution >= 4 is 11.8 Å². The van der Waals surface area contributed by atoms with E-state index in [4.69, 9.17) is 9.47 Å². The standard InChI is InChI=1S/C15H15NO4/c1-8-13-12(20-13)6-9(19-8)7-16-14(17)10-4-2-3-5-11(10)15(16)18/h2-5,8-9,12-13H,6-7H2,1H3/t8-,9-,12-,13+/m1/s1. The molecule has 0 saturated carbocycles. The van der Waals surface area contributed by atoms with Gasteiger partial charge in [0, 0.05) is 6.42 Å². The zero-order valence-electron chi connectivity index (χ0n) is 11.1. The molecule has 0 unspecified atom stereocenters. The molecule has 5 heteroatoms. The van der Waals surface area contributed by atoms with Gasteiger partial charge in [0.15, 0.2) is 0 Å². The molecular weight excluding hydrogens is 258 g/mol. The second kappa shape index (κ2) is 4.14. The highest BCUT2D eigenvalue weighted by Gasteiger charge is 2.50. The van der Waals surface area contributed by atoms with Crippen molar-refractivity contribution in [2.45, 2.75) is 37.8 Å². The lowest BCUT2D eigenvalue weighted by molar-refractivity contribution is -0.0368. The molecule has 0 aliphatic carbocycles. The van der Waals surface area contributed by atoms with Crippen LogP contribution >= 0.6 is 0 Å². The van der Waals surface area contributed by atoms with Crippen molar-refractivity contribution in [1.82, 2.24) is 4.90 Å². The van der Waals surface area contributed by atoms with Crippen LogP contribution in [-0.2, 0) is 9.47 Å². The number of rotatable bonds is 2.